The van der Waals surface area contributed by atoms with E-state index in [4.69, 9.17) is 0 Å². The SMILES string of the molecule is O=C(O)C1CCCC(C(=O)N2CCCN(C(=O)Cc3cccc(F)c3)CC2)C1. The fourth-order valence-electron chi connectivity index (χ4n) is 4.22. The van der Waals surface area contributed by atoms with Gasteiger partial charge in [-0.05, 0) is 43.4 Å². The van der Waals surface area contributed by atoms with Gasteiger partial charge in [-0.3, -0.25) is 14.4 Å². The number of carboxylic acid groups (broad SMARTS) is 1. The molecule has 1 aliphatic heterocycles. The van der Waals surface area contributed by atoms with Crippen LogP contribution in [-0.4, -0.2) is 58.9 Å². The summed E-state index contributed by atoms with van der Waals surface area (Å²) in [7, 11) is 0. The third-order valence-electron chi connectivity index (χ3n) is 5.78. The molecule has 28 heavy (non-hydrogen) atoms. The first-order valence-electron chi connectivity index (χ1n) is 9.98. The fraction of sp³-hybridized carbons (Fsp3) is 0.571. The van der Waals surface area contributed by atoms with Crippen LogP contribution in [0.5, 0.6) is 0 Å². The second-order valence-electron chi connectivity index (χ2n) is 7.77. The number of halogens is 1. The standard InChI is InChI=1S/C21H27FN2O4/c22-18-7-1-4-15(12-18)13-19(25)23-8-3-9-24(11-10-23)20(26)16-5-2-6-17(14-16)21(27)28/h1,4,7,12,16-17H,2-3,5-6,8-11,13-14H2,(H,27,28). The monoisotopic (exact) mass is 390 g/mol. The minimum Gasteiger partial charge on any atom is -0.481 e. The lowest BCUT2D eigenvalue weighted by Gasteiger charge is -2.30. The molecule has 1 N–H and O–H groups in total. The Bertz CT molecular complexity index is 739. The summed E-state index contributed by atoms with van der Waals surface area (Å²) >= 11 is 0. The van der Waals surface area contributed by atoms with Gasteiger partial charge in [0, 0.05) is 32.1 Å². The Morgan fingerprint density at radius 1 is 1.00 bits per heavy atom. The molecule has 0 radical (unpaired) electrons. The summed E-state index contributed by atoms with van der Waals surface area (Å²) < 4.78 is 13.3. The molecule has 152 valence electrons. The Morgan fingerprint density at radius 2 is 1.71 bits per heavy atom. The molecule has 1 saturated carbocycles. The van der Waals surface area contributed by atoms with E-state index in [0.717, 1.165) is 12.8 Å². The van der Waals surface area contributed by atoms with Crippen LogP contribution in [0, 0.1) is 17.7 Å². The van der Waals surface area contributed by atoms with Gasteiger partial charge in [-0.25, -0.2) is 4.39 Å². The smallest absolute Gasteiger partial charge is 0.306 e. The molecule has 3 rings (SSSR count). The van der Waals surface area contributed by atoms with Gasteiger partial charge in [0.2, 0.25) is 11.8 Å². The summed E-state index contributed by atoms with van der Waals surface area (Å²) in [5, 5.41) is 9.23. The van der Waals surface area contributed by atoms with Crippen LogP contribution in [0.15, 0.2) is 24.3 Å². The number of hydrogen-bond acceptors (Lipinski definition) is 3. The quantitative estimate of drug-likeness (QED) is 0.856. The van der Waals surface area contributed by atoms with E-state index in [-0.39, 0.29) is 30.0 Å². The third-order valence-corrected chi connectivity index (χ3v) is 5.78. The first-order valence-corrected chi connectivity index (χ1v) is 9.98. The van der Waals surface area contributed by atoms with Gasteiger partial charge < -0.3 is 14.9 Å². The van der Waals surface area contributed by atoms with Crippen LogP contribution in [0.25, 0.3) is 0 Å². The number of benzene rings is 1. The Kier molecular flexibility index (Phi) is 6.65. The fourth-order valence-corrected chi connectivity index (χ4v) is 4.22. The van der Waals surface area contributed by atoms with Crippen molar-refractivity contribution in [2.75, 3.05) is 26.2 Å². The number of hydrogen-bond donors (Lipinski definition) is 1. The molecule has 0 spiro atoms. The number of carbonyl (C=O) groups is 3. The lowest BCUT2D eigenvalue weighted by Crippen LogP contribution is -2.42. The molecule has 1 aliphatic carbocycles. The maximum Gasteiger partial charge on any atom is 0.306 e. The van der Waals surface area contributed by atoms with Crippen molar-refractivity contribution in [3.8, 4) is 0 Å². The molecule has 1 heterocycles. The van der Waals surface area contributed by atoms with Gasteiger partial charge in [0.15, 0.2) is 0 Å². The highest BCUT2D eigenvalue weighted by molar-refractivity contribution is 5.81. The summed E-state index contributed by atoms with van der Waals surface area (Å²) in [5.41, 5.74) is 0.643. The van der Waals surface area contributed by atoms with E-state index in [9.17, 15) is 23.9 Å². The molecule has 6 nitrogen and oxygen atoms in total. The molecular weight excluding hydrogens is 363 g/mol. The maximum atomic E-state index is 13.3. The maximum absolute atomic E-state index is 13.3. The highest BCUT2D eigenvalue weighted by Gasteiger charge is 2.34. The predicted octanol–water partition coefficient (Wildman–Crippen LogP) is 2.32. The van der Waals surface area contributed by atoms with E-state index in [0.29, 0.717) is 51.0 Å². The summed E-state index contributed by atoms with van der Waals surface area (Å²) in [5.74, 6) is -1.88. The number of carboxylic acids is 1. The molecule has 2 atom stereocenters. The Labute approximate surface area is 164 Å². The van der Waals surface area contributed by atoms with Crippen molar-refractivity contribution in [1.29, 1.82) is 0 Å². The topological polar surface area (TPSA) is 77.9 Å². The normalized spacial score (nSPS) is 23.2. The number of aliphatic carboxylic acids is 1. The zero-order valence-corrected chi connectivity index (χ0v) is 16.0. The van der Waals surface area contributed by atoms with Crippen LogP contribution in [0.1, 0.15) is 37.7 Å². The molecule has 2 aliphatic rings. The van der Waals surface area contributed by atoms with Crippen LogP contribution in [-0.2, 0) is 20.8 Å². The minimum absolute atomic E-state index is 0.0189. The van der Waals surface area contributed by atoms with Gasteiger partial charge in [0.25, 0.3) is 0 Å². The highest BCUT2D eigenvalue weighted by Crippen LogP contribution is 2.30. The van der Waals surface area contributed by atoms with Crippen LogP contribution in [0.2, 0.25) is 0 Å². The van der Waals surface area contributed by atoms with E-state index in [2.05, 4.69) is 0 Å². The Balaban J connectivity index is 1.54. The van der Waals surface area contributed by atoms with Crippen molar-refractivity contribution < 1.29 is 23.9 Å². The summed E-state index contributed by atoms with van der Waals surface area (Å²) in [6.45, 7) is 2.06. The van der Waals surface area contributed by atoms with Crippen LogP contribution in [0.3, 0.4) is 0 Å². The first kappa shape index (κ1) is 20.3. The van der Waals surface area contributed by atoms with Crippen molar-refractivity contribution in [2.45, 2.75) is 38.5 Å². The molecule has 7 heteroatoms. The minimum atomic E-state index is -0.817. The van der Waals surface area contributed by atoms with Crippen molar-refractivity contribution in [1.82, 2.24) is 9.80 Å². The second-order valence-corrected chi connectivity index (χ2v) is 7.77. The van der Waals surface area contributed by atoms with Crippen LogP contribution >= 0.6 is 0 Å². The zero-order chi connectivity index (χ0) is 20.1. The second kappa shape index (κ2) is 9.17. The Hall–Kier alpha value is -2.44. The molecule has 2 amide bonds. The van der Waals surface area contributed by atoms with E-state index < -0.39 is 11.9 Å². The predicted molar refractivity (Wildman–Crippen MR) is 101 cm³/mol. The van der Waals surface area contributed by atoms with Crippen LogP contribution in [0.4, 0.5) is 4.39 Å². The van der Waals surface area contributed by atoms with Crippen molar-refractivity contribution in [2.24, 2.45) is 11.8 Å². The number of amides is 2. The molecule has 0 bridgehead atoms. The van der Waals surface area contributed by atoms with E-state index in [1.807, 2.05) is 0 Å². The van der Waals surface area contributed by atoms with Crippen LogP contribution < -0.4 is 0 Å². The molecule has 1 aromatic rings. The molecule has 0 aromatic heterocycles. The first-order chi connectivity index (χ1) is 13.4. The zero-order valence-electron chi connectivity index (χ0n) is 16.0. The highest BCUT2D eigenvalue weighted by atomic mass is 19.1. The largest absolute Gasteiger partial charge is 0.481 e. The van der Waals surface area contributed by atoms with Gasteiger partial charge in [-0.1, -0.05) is 18.6 Å². The van der Waals surface area contributed by atoms with E-state index in [1.54, 1.807) is 21.9 Å². The summed E-state index contributed by atoms with van der Waals surface area (Å²) in [6.07, 6.45) is 3.39. The molecule has 2 fully saturated rings. The van der Waals surface area contributed by atoms with Gasteiger partial charge in [-0.15, -0.1) is 0 Å². The van der Waals surface area contributed by atoms with Gasteiger partial charge in [-0.2, -0.15) is 0 Å². The Morgan fingerprint density at radius 3 is 2.46 bits per heavy atom. The van der Waals surface area contributed by atoms with E-state index >= 15 is 0 Å². The average Bonchev–Trinajstić information content (AvgIpc) is 2.94. The molecule has 1 saturated heterocycles. The lowest BCUT2D eigenvalue weighted by molar-refractivity contribution is -0.145. The summed E-state index contributed by atoms with van der Waals surface area (Å²) in [4.78, 5) is 40.2. The van der Waals surface area contributed by atoms with E-state index in [1.165, 1.54) is 12.1 Å². The van der Waals surface area contributed by atoms with Gasteiger partial charge in [0.1, 0.15) is 5.82 Å². The number of nitrogens with zero attached hydrogens (tertiary/aromatic N) is 2. The van der Waals surface area contributed by atoms with Gasteiger partial charge >= 0.3 is 5.97 Å². The summed E-state index contributed by atoms with van der Waals surface area (Å²) in [6, 6.07) is 6.04. The van der Waals surface area contributed by atoms with Gasteiger partial charge in [0.05, 0.1) is 12.3 Å². The molecule has 1 aromatic carbocycles. The average molecular weight is 390 g/mol. The molecular formula is C21H27FN2O4. The number of rotatable bonds is 4. The van der Waals surface area contributed by atoms with Crippen molar-refractivity contribution in [3.05, 3.63) is 35.6 Å². The third kappa shape index (κ3) is 5.09. The van der Waals surface area contributed by atoms with Crippen molar-refractivity contribution in [3.63, 3.8) is 0 Å². The molecule has 2 unspecified atom stereocenters. The van der Waals surface area contributed by atoms with Crippen molar-refractivity contribution >= 4 is 17.8 Å². The lowest BCUT2D eigenvalue weighted by atomic mass is 9.80. The number of carbonyl (C=O) groups excluding carboxylic acids is 2.